The number of aliphatic carboxylic acids is 1. The molecular weight excluding hydrogens is 312 g/mol. The number of halogens is 1. The van der Waals surface area contributed by atoms with Crippen molar-refractivity contribution in [2.45, 2.75) is 13.3 Å². The Labute approximate surface area is 131 Å². The molecule has 1 saturated heterocycles. The lowest BCUT2D eigenvalue weighted by Gasteiger charge is -2.16. The number of hydrogen-bond acceptors (Lipinski definition) is 4. The molecule has 8 heteroatoms. The van der Waals surface area contributed by atoms with Gasteiger partial charge in [-0.05, 0) is 11.5 Å². The largest absolute Gasteiger partial charge is 0.481 e. The third kappa shape index (κ3) is 3.36. The summed E-state index contributed by atoms with van der Waals surface area (Å²) in [5.74, 6) is -1.80. The maximum atomic E-state index is 12.2. The van der Waals surface area contributed by atoms with E-state index < -0.39 is 16.8 Å². The Morgan fingerprint density at radius 1 is 1.45 bits per heavy atom. The van der Waals surface area contributed by atoms with Crippen LogP contribution >= 0.6 is 11.6 Å². The average Bonchev–Trinajstić information content (AvgIpc) is 2.83. The summed E-state index contributed by atoms with van der Waals surface area (Å²) in [5.41, 5.74) is 0.352. The number of carbonyl (C=O) groups excluding carboxylic acids is 1. The van der Waals surface area contributed by atoms with Crippen molar-refractivity contribution in [3.05, 3.63) is 38.9 Å². The quantitative estimate of drug-likeness (QED) is 0.673. The average molecular weight is 327 g/mol. The van der Waals surface area contributed by atoms with E-state index in [4.69, 9.17) is 16.7 Å². The lowest BCUT2D eigenvalue weighted by molar-refractivity contribution is -0.384. The van der Waals surface area contributed by atoms with Gasteiger partial charge in [0, 0.05) is 25.2 Å². The minimum Gasteiger partial charge on any atom is -0.481 e. The monoisotopic (exact) mass is 326 g/mol. The number of nitro groups is 1. The lowest BCUT2D eigenvalue weighted by Crippen LogP contribution is -2.31. The van der Waals surface area contributed by atoms with E-state index in [9.17, 15) is 19.7 Å². The van der Waals surface area contributed by atoms with Gasteiger partial charge in [0.05, 0.1) is 22.3 Å². The highest BCUT2D eigenvalue weighted by Crippen LogP contribution is 2.26. The third-order valence-electron chi connectivity index (χ3n) is 3.87. The van der Waals surface area contributed by atoms with Gasteiger partial charge in [0.1, 0.15) is 0 Å². The number of likely N-dealkylation sites (tertiary alicyclic amines) is 1. The van der Waals surface area contributed by atoms with Crippen LogP contribution in [0.4, 0.5) is 5.69 Å². The van der Waals surface area contributed by atoms with Gasteiger partial charge >= 0.3 is 5.97 Å². The summed E-state index contributed by atoms with van der Waals surface area (Å²) in [6.45, 7) is 2.37. The number of rotatable bonds is 4. The summed E-state index contributed by atoms with van der Waals surface area (Å²) in [4.78, 5) is 34.9. The molecule has 1 N–H and O–H groups in total. The highest BCUT2D eigenvalue weighted by Gasteiger charge is 2.36. The van der Waals surface area contributed by atoms with Crippen LogP contribution in [0, 0.1) is 22.0 Å². The fourth-order valence-corrected chi connectivity index (χ4v) is 2.80. The highest BCUT2D eigenvalue weighted by atomic mass is 35.5. The maximum absolute atomic E-state index is 12.2. The van der Waals surface area contributed by atoms with E-state index in [0.29, 0.717) is 12.1 Å². The molecule has 1 aromatic rings. The van der Waals surface area contributed by atoms with Crippen molar-refractivity contribution in [1.29, 1.82) is 0 Å². The molecule has 1 fully saturated rings. The first-order valence-electron chi connectivity index (χ1n) is 6.73. The summed E-state index contributed by atoms with van der Waals surface area (Å²) in [7, 11) is 0. The van der Waals surface area contributed by atoms with Crippen molar-refractivity contribution in [3.63, 3.8) is 0 Å². The van der Waals surface area contributed by atoms with Crippen LogP contribution in [0.15, 0.2) is 18.2 Å². The summed E-state index contributed by atoms with van der Waals surface area (Å²) in [6.07, 6.45) is -0.00408. The topological polar surface area (TPSA) is 101 Å². The summed E-state index contributed by atoms with van der Waals surface area (Å²) in [5, 5.41) is 19.9. The van der Waals surface area contributed by atoms with E-state index in [2.05, 4.69) is 0 Å². The SMILES string of the molecule is C[C@@H]1CN(C(=O)Cc2ccc([N+](=O)[O-])cc2Cl)C[C@H]1C(=O)O. The Kier molecular flexibility index (Phi) is 4.65. The van der Waals surface area contributed by atoms with Gasteiger partial charge in [0.25, 0.3) is 5.69 Å². The van der Waals surface area contributed by atoms with Crippen LogP contribution in [0.25, 0.3) is 0 Å². The number of nitro benzene ring substituents is 1. The predicted octanol–water partition coefficient (Wildman–Crippen LogP) is 1.97. The molecule has 7 nitrogen and oxygen atoms in total. The second kappa shape index (κ2) is 6.31. The minimum atomic E-state index is -0.906. The Bertz CT molecular complexity index is 634. The first-order valence-corrected chi connectivity index (χ1v) is 7.10. The highest BCUT2D eigenvalue weighted by molar-refractivity contribution is 6.31. The number of hydrogen-bond donors (Lipinski definition) is 1. The van der Waals surface area contributed by atoms with Gasteiger partial charge in [-0.2, -0.15) is 0 Å². The number of carbonyl (C=O) groups is 2. The van der Waals surface area contributed by atoms with Gasteiger partial charge in [0.2, 0.25) is 5.91 Å². The number of non-ortho nitro benzene ring substituents is 1. The summed E-state index contributed by atoms with van der Waals surface area (Å²) >= 11 is 5.96. The molecule has 2 rings (SSSR count). The van der Waals surface area contributed by atoms with Crippen molar-refractivity contribution in [2.24, 2.45) is 11.8 Å². The van der Waals surface area contributed by atoms with Crippen LogP contribution in [0.5, 0.6) is 0 Å². The van der Waals surface area contributed by atoms with E-state index >= 15 is 0 Å². The molecular formula is C14H15ClN2O5. The molecule has 0 radical (unpaired) electrons. The molecule has 0 aliphatic carbocycles. The Balaban J connectivity index is 2.07. The van der Waals surface area contributed by atoms with Crippen LogP contribution in [-0.2, 0) is 16.0 Å². The Morgan fingerprint density at radius 2 is 2.14 bits per heavy atom. The zero-order valence-electron chi connectivity index (χ0n) is 11.9. The molecule has 1 aliphatic rings. The van der Waals surface area contributed by atoms with E-state index in [1.807, 2.05) is 0 Å². The van der Waals surface area contributed by atoms with Gasteiger partial charge in [-0.15, -0.1) is 0 Å². The fraction of sp³-hybridized carbons (Fsp3) is 0.429. The van der Waals surface area contributed by atoms with Crippen molar-refractivity contribution in [1.82, 2.24) is 4.90 Å². The summed E-state index contributed by atoms with van der Waals surface area (Å²) in [6, 6.07) is 3.95. The molecule has 0 spiro atoms. The molecule has 1 aliphatic heterocycles. The summed E-state index contributed by atoms with van der Waals surface area (Å²) < 4.78 is 0. The molecule has 1 aromatic carbocycles. The van der Waals surface area contributed by atoms with Crippen molar-refractivity contribution < 1.29 is 19.6 Å². The zero-order valence-corrected chi connectivity index (χ0v) is 12.6. The van der Waals surface area contributed by atoms with Gasteiger partial charge in [0.15, 0.2) is 0 Å². The number of carboxylic acid groups (broad SMARTS) is 1. The number of nitrogens with zero attached hydrogens (tertiary/aromatic N) is 2. The van der Waals surface area contributed by atoms with Crippen LogP contribution in [-0.4, -0.2) is 39.9 Å². The smallest absolute Gasteiger partial charge is 0.308 e. The standard InChI is InChI=1S/C14H15ClN2O5/c1-8-6-16(7-11(8)14(19)20)13(18)4-9-2-3-10(17(21)22)5-12(9)15/h2-3,5,8,11H,4,6-7H2,1H3,(H,19,20)/t8-,11-/m1/s1. The van der Waals surface area contributed by atoms with Crippen molar-refractivity contribution in [2.75, 3.05) is 13.1 Å². The molecule has 22 heavy (non-hydrogen) atoms. The predicted molar refractivity (Wildman–Crippen MR) is 78.7 cm³/mol. The van der Waals surface area contributed by atoms with Gasteiger partial charge in [-0.25, -0.2) is 0 Å². The first-order chi connectivity index (χ1) is 10.3. The zero-order chi connectivity index (χ0) is 16.4. The van der Waals surface area contributed by atoms with Crippen LogP contribution in [0.1, 0.15) is 12.5 Å². The number of amides is 1. The van der Waals surface area contributed by atoms with E-state index in [-0.39, 0.29) is 35.5 Å². The second-order valence-electron chi connectivity index (χ2n) is 5.43. The Hall–Kier alpha value is -2.15. The molecule has 1 heterocycles. The van der Waals surface area contributed by atoms with Crippen LogP contribution in [0.2, 0.25) is 5.02 Å². The van der Waals surface area contributed by atoms with Gasteiger partial charge < -0.3 is 10.0 Å². The Morgan fingerprint density at radius 3 is 2.64 bits per heavy atom. The third-order valence-corrected chi connectivity index (χ3v) is 4.22. The molecule has 0 bridgehead atoms. The maximum Gasteiger partial charge on any atom is 0.308 e. The van der Waals surface area contributed by atoms with E-state index in [0.717, 1.165) is 0 Å². The van der Waals surface area contributed by atoms with E-state index in [1.165, 1.54) is 23.1 Å². The molecule has 0 aromatic heterocycles. The number of carboxylic acids is 1. The van der Waals surface area contributed by atoms with Crippen LogP contribution in [0.3, 0.4) is 0 Å². The fourth-order valence-electron chi connectivity index (χ4n) is 2.56. The first kappa shape index (κ1) is 16.2. The van der Waals surface area contributed by atoms with Crippen LogP contribution < -0.4 is 0 Å². The minimum absolute atomic E-state index is 0.00408. The molecule has 0 saturated carbocycles. The number of benzene rings is 1. The van der Waals surface area contributed by atoms with E-state index in [1.54, 1.807) is 6.92 Å². The second-order valence-corrected chi connectivity index (χ2v) is 5.84. The lowest BCUT2D eigenvalue weighted by atomic mass is 9.99. The molecule has 2 atom stereocenters. The van der Waals surface area contributed by atoms with Crippen molar-refractivity contribution in [3.8, 4) is 0 Å². The molecule has 1 amide bonds. The van der Waals surface area contributed by atoms with Gasteiger partial charge in [-0.3, -0.25) is 19.7 Å². The molecule has 0 unspecified atom stereocenters. The van der Waals surface area contributed by atoms with Gasteiger partial charge in [-0.1, -0.05) is 24.6 Å². The molecule has 118 valence electrons. The normalized spacial score (nSPS) is 20.9. The van der Waals surface area contributed by atoms with Crippen molar-refractivity contribution >= 4 is 29.2 Å².